The van der Waals surface area contributed by atoms with Gasteiger partial charge in [0.15, 0.2) is 11.5 Å². The van der Waals surface area contributed by atoms with E-state index in [1.165, 1.54) is 42.9 Å². The summed E-state index contributed by atoms with van der Waals surface area (Å²) >= 11 is 1.21. The first kappa shape index (κ1) is 22.9. The maximum atomic E-state index is 13.8. The number of carbonyl (C=O) groups is 1. The third kappa shape index (κ3) is 5.18. The highest BCUT2D eigenvalue weighted by molar-refractivity contribution is 7.20. The van der Waals surface area contributed by atoms with E-state index in [-0.39, 0.29) is 18.1 Å². The second-order valence-corrected chi connectivity index (χ2v) is 8.16. The minimum absolute atomic E-state index is 0.0365. The van der Waals surface area contributed by atoms with Crippen LogP contribution in [0, 0.1) is 15.9 Å². The number of thiophene rings is 1. The number of nitro benzene ring substituents is 1. The molecule has 0 fully saturated rings. The van der Waals surface area contributed by atoms with Crippen molar-refractivity contribution in [2.75, 3.05) is 7.11 Å². The average molecular weight is 479 g/mol. The molecule has 0 aliphatic carbocycles. The third-order valence-electron chi connectivity index (χ3n) is 4.84. The highest BCUT2D eigenvalue weighted by atomic mass is 32.1. The van der Waals surface area contributed by atoms with Gasteiger partial charge in [-0.1, -0.05) is 18.2 Å². The highest BCUT2D eigenvalue weighted by Crippen LogP contribution is 2.30. The zero-order valence-electron chi connectivity index (χ0n) is 17.9. The Labute approximate surface area is 197 Å². The van der Waals surface area contributed by atoms with Crippen LogP contribution >= 0.6 is 11.3 Å². The molecule has 0 spiro atoms. The lowest BCUT2D eigenvalue weighted by molar-refractivity contribution is -0.384. The number of methoxy groups -OCH3 is 1. The van der Waals surface area contributed by atoms with E-state index in [0.29, 0.717) is 32.9 Å². The summed E-state index contributed by atoms with van der Waals surface area (Å²) in [6, 6.07) is 17.4. The lowest BCUT2D eigenvalue weighted by Gasteiger charge is -2.11. The summed E-state index contributed by atoms with van der Waals surface area (Å²) in [6.07, 6.45) is 1.44. The molecule has 8 nitrogen and oxygen atoms in total. The van der Waals surface area contributed by atoms with Crippen LogP contribution in [-0.2, 0) is 6.61 Å². The molecule has 0 saturated carbocycles. The summed E-state index contributed by atoms with van der Waals surface area (Å²) in [6.45, 7) is 0.0465. The largest absolute Gasteiger partial charge is 0.493 e. The van der Waals surface area contributed by atoms with Gasteiger partial charge in [-0.3, -0.25) is 14.9 Å². The number of hydrazone groups is 1. The Kier molecular flexibility index (Phi) is 6.79. The molecule has 34 heavy (non-hydrogen) atoms. The Morgan fingerprint density at radius 3 is 2.74 bits per heavy atom. The summed E-state index contributed by atoms with van der Waals surface area (Å²) in [7, 11) is 1.49. The highest BCUT2D eigenvalue weighted by Gasteiger charge is 2.13. The number of carbonyl (C=O) groups excluding carboxylic acids is 1. The number of ether oxygens (including phenoxy) is 2. The molecule has 1 heterocycles. The molecule has 0 bridgehead atoms. The predicted octanol–water partition coefficient (Wildman–Crippen LogP) is 5.30. The van der Waals surface area contributed by atoms with Crippen LogP contribution in [0.25, 0.3) is 10.1 Å². The van der Waals surface area contributed by atoms with Gasteiger partial charge in [0.2, 0.25) is 0 Å². The van der Waals surface area contributed by atoms with Gasteiger partial charge in [-0.15, -0.1) is 11.3 Å². The van der Waals surface area contributed by atoms with Crippen LogP contribution in [-0.4, -0.2) is 24.2 Å². The summed E-state index contributed by atoms with van der Waals surface area (Å²) in [4.78, 5) is 23.2. The molecule has 4 aromatic rings. The Balaban J connectivity index is 1.41. The van der Waals surface area contributed by atoms with Crippen LogP contribution in [0.5, 0.6) is 11.5 Å². The molecule has 0 aliphatic rings. The topological polar surface area (TPSA) is 103 Å². The smallest absolute Gasteiger partial charge is 0.281 e. The summed E-state index contributed by atoms with van der Waals surface area (Å²) in [5, 5.41) is 15.5. The van der Waals surface area contributed by atoms with Crippen LogP contribution in [0.3, 0.4) is 0 Å². The van der Waals surface area contributed by atoms with E-state index < -0.39 is 10.8 Å². The van der Waals surface area contributed by atoms with Crippen molar-refractivity contribution in [2.45, 2.75) is 6.61 Å². The van der Waals surface area contributed by atoms with E-state index in [4.69, 9.17) is 9.47 Å². The number of nitrogens with one attached hydrogen (secondary N) is 1. The summed E-state index contributed by atoms with van der Waals surface area (Å²) in [5.74, 6) is 0.0822. The van der Waals surface area contributed by atoms with Gasteiger partial charge in [0.25, 0.3) is 11.6 Å². The Morgan fingerprint density at radius 2 is 1.97 bits per heavy atom. The van der Waals surface area contributed by atoms with E-state index in [0.717, 1.165) is 4.70 Å². The number of fused-ring (bicyclic) bond motifs is 1. The van der Waals surface area contributed by atoms with Gasteiger partial charge in [0.05, 0.1) is 23.1 Å². The molecule has 1 aromatic heterocycles. The number of halogens is 1. The number of hydrogen-bond donors (Lipinski definition) is 1. The Hall–Kier alpha value is -4.31. The number of benzene rings is 3. The van der Waals surface area contributed by atoms with Crippen molar-refractivity contribution in [1.29, 1.82) is 0 Å². The van der Waals surface area contributed by atoms with Crippen LogP contribution in [0.15, 0.2) is 71.8 Å². The van der Waals surface area contributed by atoms with Gasteiger partial charge in [0, 0.05) is 27.8 Å². The van der Waals surface area contributed by atoms with Crippen LogP contribution < -0.4 is 14.9 Å². The normalized spacial score (nSPS) is 11.0. The second kappa shape index (κ2) is 10.1. The average Bonchev–Trinajstić information content (AvgIpc) is 3.27. The van der Waals surface area contributed by atoms with E-state index in [9.17, 15) is 19.3 Å². The van der Waals surface area contributed by atoms with Crippen molar-refractivity contribution >= 4 is 39.2 Å². The minimum atomic E-state index is -0.480. The molecule has 1 N–H and O–H groups in total. The zero-order chi connectivity index (χ0) is 24.1. The van der Waals surface area contributed by atoms with Gasteiger partial charge in [-0.25, -0.2) is 9.82 Å². The molecule has 0 radical (unpaired) electrons. The van der Waals surface area contributed by atoms with Crippen molar-refractivity contribution in [3.8, 4) is 11.5 Å². The van der Waals surface area contributed by atoms with Gasteiger partial charge in [0.1, 0.15) is 12.4 Å². The third-order valence-corrected chi connectivity index (χ3v) is 5.96. The van der Waals surface area contributed by atoms with E-state index in [1.54, 1.807) is 48.5 Å². The van der Waals surface area contributed by atoms with Crippen LogP contribution in [0.4, 0.5) is 10.1 Å². The molecule has 0 saturated heterocycles. The number of rotatable bonds is 8. The predicted molar refractivity (Wildman–Crippen MR) is 127 cm³/mol. The molecule has 1 amide bonds. The van der Waals surface area contributed by atoms with Crippen LogP contribution in [0.2, 0.25) is 0 Å². The van der Waals surface area contributed by atoms with Crippen molar-refractivity contribution in [3.63, 3.8) is 0 Å². The number of nitro groups is 1. The molecular weight excluding hydrogens is 461 g/mol. The first-order valence-corrected chi connectivity index (χ1v) is 10.8. The van der Waals surface area contributed by atoms with Gasteiger partial charge >= 0.3 is 0 Å². The van der Waals surface area contributed by atoms with E-state index in [2.05, 4.69) is 10.5 Å². The Morgan fingerprint density at radius 1 is 1.15 bits per heavy atom. The molecule has 4 rings (SSSR count). The first-order chi connectivity index (χ1) is 16.4. The fraction of sp³-hybridized carbons (Fsp3) is 0.0833. The molecular formula is C24H18FN3O5S. The van der Waals surface area contributed by atoms with Crippen molar-refractivity contribution < 1.29 is 23.6 Å². The van der Waals surface area contributed by atoms with E-state index >= 15 is 0 Å². The fourth-order valence-electron chi connectivity index (χ4n) is 3.13. The lowest BCUT2D eigenvalue weighted by atomic mass is 10.2. The SMILES string of the molecule is COc1cc(/C=N\NC(=O)c2cc3cc([N+](=O)[O-])ccc3s2)ccc1OCc1ccccc1F. The molecule has 10 heteroatoms. The quantitative estimate of drug-likeness (QED) is 0.210. The second-order valence-electron chi connectivity index (χ2n) is 7.08. The first-order valence-electron chi connectivity index (χ1n) is 10.0. The lowest BCUT2D eigenvalue weighted by Crippen LogP contribution is -2.16. The number of hydrogen-bond acceptors (Lipinski definition) is 7. The standard InChI is InChI=1S/C24H18FN3O5S/c1-32-21-10-15(6-8-20(21)33-14-16-4-2-3-5-19(16)25)13-26-27-24(29)23-12-17-11-18(28(30)31)7-9-22(17)34-23/h2-13H,14H2,1H3,(H,27,29)/b26-13-. The minimum Gasteiger partial charge on any atom is -0.493 e. The monoisotopic (exact) mass is 479 g/mol. The van der Waals surface area contributed by atoms with Gasteiger partial charge in [-0.05, 0) is 42.0 Å². The molecule has 172 valence electrons. The number of nitrogens with zero attached hydrogens (tertiary/aromatic N) is 2. The maximum Gasteiger partial charge on any atom is 0.281 e. The number of amides is 1. The summed E-state index contributed by atoms with van der Waals surface area (Å²) in [5.41, 5.74) is 3.47. The van der Waals surface area contributed by atoms with Gasteiger partial charge in [-0.2, -0.15) is 5.10 Å². The molecule has 0 aliphatic heterocycles. The Bertz CT molecular complexity index is 1400. The van der Waals surface area contributed by atoms with Crippen molar-refractivity contribution in [2.24, 2.45) is 5.10 Å². The number of non-ortho nitro benzene ring substituents is 1. The molecule has 3 aromatic carbocycles. The van der Waals surface area contributed by atoms with Gasteiger partial charge < -0.3 is 9.47 Å². The zero-order valence-corrected chi connectivity index (χ0v) is 18.7. The maximum absolute atomic E-state index is 13.8. The van der Waals surface area contributed by atoms with Crippen LogP contribution in [0.1, 0.15) is 20.8 Å². The fourth-order valence-corrected chi connectivity index (χ4v) is 4.06. The van der Waals surface area contributed by atoms with Crippen molar-refractivity contribution in [1.82, 2.24) is 5.43 Å². The molecule has 0 unspecified atom stereocenters. The van der Waals surface area contributed by atoms with E-state index in [1.807, 2.05) is 0 Å². The molecule has 0 atom stereocenters. The summed E-state index contributed by atoms with van der Waals surface area (Å²) < 4.78 is 25.6. The van der Waals surface area contributed by atoms with Crippen molar-refractivity contribution in [3.05, 3.63) is 98.7 Å².